The maximum atomic E-state index is 15.6. The minimum atomic E-state index is -3.64. The molecule has 0 radical (unpaired) electrons. The van der Waals surface area contributed by atoms with Crippen molar-refractivity contribution in [3.8, 4) is 22.6 Å². The molecule has 11 heteroatoms. The summed E-state index contributed by atoms with van der Waals surface area (Å²) in [6.45, 7) is 2.12. The second kappa shape index (κ2) is 8.84. The number of primary amides is 1. The lowest BCUT2D eigenvalue weighted by Gasteiger charge is -2.13. The maximum Gasteiger partial charge on any atom is 0.252 e. The SMILES string of the molecule is CCc1nn(-c2cccc(CN)c2)c(-c2ccc(-n3ccnc3S(C)(=O)=O)cc2F)c1C(N)=O. The van der Waals surface area contributed by atoms with Gasteiger partial charge in [-0.2, -0.15) is 5.10 Å². The van der Waals surface area contributed by atoms with E-state index in [4.69, 9.17) is 11.5 Å². The average molecular weight is 483 g/mol. The van der Waals surface area contributed by atoms with Crippen LogP contribution >= 0.6 is 0 Å². The van der Waals surface area contributed by atoms with Crippen molar-refractivity contribution >= 4 is 15.7 Å². The first-order valence-electron chi connectivity index (χ1n) is 10.4. The van der Waals surface area contributed by atoms with Crippen molar-refractivity contribution in [2.75, 3.05) is 6.26 Å². The standard InChI is InChI=1S/C23H23FN6O3S/c1-3-19-20(22(26)31)21(30(28-19)16-6-4-5-14(11-16)13-25)17-8-7-15(12-18(17)24)29-10-9-27-23(29)34(2,32)33/h4-12H,3,13,25H2,1-2H3,(H2,26,31). The van der Waals surface area contributed by atoms with Crippen molar-refractivity contribution in [2.45, 2.75) is 25.0 Å². The summed E-state index contributed by atoms with van der Waals surface area (Å²) in [6.07, 6.45) is 4.18. The number of hydrogen-bond donors (Lipinski definition) is 2. The van der Waals surface area contributed by atoms with Gasteiger partial charge in [-0.1, -0.05) is 19.1 Å². The molecule has 0 saturated heterocycles. The quantitative estimate of drug-likeness (QED) is 0.415. The summed E-state index contributed by atoms with van der Waals surface area (Å²) in [5, 5.41) is 4.33. The number of aryl methyl sites for hydroxylation is 1. The van der Waals surface area contributed by atoms with Gasteiger partial charge in [0.1, 0.15) is 5.82 Å². The molecule has 4 N–H and O–H groups in total. The smallest absolute Gasteiger partial charge is 0.252 e. The molecule has 4 rings (SSSR count). The molecular formula is C23H23FN6O3S. The number of sulfone groups is 1. The van der Waals surface area contributed by atoms with E-state index in [2.05, 4.69) is 10.1 Å². The highest BCUT2D eigenvalue weighted by Crippen LogP contribution is 2.33. The summed E-state index contributed by atoms with van der Waals surface area (Å²) in [7, 11) is -3.64. The van der Waals surface area contributed by atoms with Crippen molar-refractivity contribution in [1.82, 2.24) is 19.3 Å². The van der Waals surface area contributed by atoms with E-state index in [1.54, 1.807) is 24.3 Å². The van der Waals surface area contributed by atoms with Crippen LogP contribution < -0.4 is 11.5 Å². The van der Waals surface area contributed by atoms with E-state index in [0.29, 0.717) is 24.3 Å². The fraction of sp³-hybridized carbons (Fsp3) is 0.174. The number of carbonyl (C=O) groups is 1. The van der Waals surface area contributed by atoms with Crippen molar-refractivity contribution in [3.63, 3.8) is 0 Å². The summed E-state index contributed by atoms with van der Waals surface area (Å²) >= 11 is 0. The Morgan fingerprint density at radius 2 is 1.91 bits per heavy atom. The van der Waals surface area contributed by atoms with Crippen LogP contribution in [0.2, 0.25) is 0 Å². The summed E-state index contributed by atoms with van der Waals surface area (Å²) < 4.78 is 42.4. The number of rotatable bonds is 7. The zero-order valence-corrected chi connectivity index (χ0v) is 19.4. The van der Waals surface area contributed by atoms with Gasteiger partial charge >= 0.3 is 0 Å². The average Bonchev–Trinajstić information content (AvgIpc) is 3.44. The van der Waals surface area contributed by atoms with Crippen molar-refractivity contribution in [1.29, 1.82) is 0 Å². The van der Waals surface area contributed by atoms with Crippen LogP contribution in [0.25, 0.3) is 22.6 Å². The minimum Gasteiger partial charge on any atom is -0.365 e. The van der Waals surface area contributed by atoms with Crippen LogP contribution in [0.15, 0.2) is 60.0 Å². The van der Waals surface area contributed by atoms with Gasteiger partial charge < -0.3 is 11.5 Å². The molecule has 0 saturated carbocycles. The molecule has 0 atom stereocenters. The second-order valence-electron chi connectivity index (χ2n) is 7.69. The molecule has 0 aliphatic carbocycles. The van der Waals surface area contributed by atoms with Crippen molar-refractivity contribution < 1.29 is 17.6 Å². The fourth-order valence-electron chi connectivity index (χ4n) is 3.83. The molecule has 2 aromatic heterocycles. The summed E-state index contributed by atoms with van der Waals surface area (Å²) in [5.41, 5.74) is 14.0. The molecular weight excluding hydrogens is 459 g/mol. The highest BCUT2D eigenvalue weighted by atomic mass is 32.2. The molecule has 9 nitrogen and oxygen atoms in total. The van der Waals surface area contributed by atoms with E-state index in [0.717, 1.165) is 11.8 Å². The minimum absolute atomic E-state index is 0.0870. The van der Waals surface area contributed by atoms with Gasteiger partial charge in [0.2, 0.25) is 15.0 Å². The highest BCUT2D eigenvalue weighted by Gasteiger charge is 2.26. The van der Waals surface area contributed by atoms with Gasteiger partial charge in [0, 0.05) is 30.8 Å². The van der Waals surface area contributed by atoms with Gasteiger partial charge in [-0.15, -0.1) is 0 Å². The Labute approximate surface area is 195 Å². The first-order valence-corrected chi connectivity index (χ1v) is 12.3. The van der Waals surface area contributed by atoms with E-state index in [1.165, 1.54) is 33.8 Å². The second-order valence-corrected chi connectivity index (χ2v) is 9.60. The van der Waals surface area contributed by atoms with E-state index >= 15 is 4.39 Å². The van der Waals surface area contributed by atoms with Crippen LogP contribution in [-0.2, 0) is 22.8 Å². The molecule has 0 aliphatic heterocycles. The first-order chi connectivity index (χ1) is 16.2. The predicted octanol–water partition coefficient (Wildman–Crippen LogP) is 2.39. The summed E-state index contributed by atoms with van der Waals surface area (Å²) in [5.74, 6) is -1.42. The van der Waals surface area contributed by atoms with E-state index in [-0.39, 0.29) is 27.7 Å². The zero-order valence-electron chi connectivity index (χ0n) is 18.6. The molecule has 176 valence electrons. The number of nitrogens with two attached hydrogens (primary N) is 2. The van der Waals surface area contributed by atoms with E-state index in [1.807, 2.05) is 13.0 Å². The molecule has 2 aromatic carbocycles. The summed E-state index contributed by atoms with van der Waals surface area (Å²) in [6, 6.07) is 11.4. The van der Waals surface area contributed by atoms with Crippen LogP contribution in [0.1, 0.15) is 28.5 Å². The lowest BCUT2D eigenvalue weighted by molar-refractivity contribution is 0.1000. The molecule has 34 heavy (non-hydrogen) atoms. The molecule has 0 spiro atoms. The lowest BCUT2D eigenvalue weighted by Crippen LogP contribution is -2.14. The van der Waals surface area contributed by atoms with Crippen molar-refractivity contribution in [2.24, 2.45) is 11.5 Å². The van der Waals surface area contributed by atoms with E-state index in [9.17, 15) is 13.2 Å². The van der Waals surface area contributed by atoms with Gasteiger partial charge in [0.05, 0.1) is 28.3 Å². The molecule has 0 bridgehead atoms. The molecule has 0 unspecified atom stereocenters. The number of halogens is 1. The molecule has 2 heterocycles. The maximum absolute atomic E-state index is 15.6. The monoisotopic (exact) mass is 482 g/mol. The third-order valence-corrected chi connectivity index (χ3v) is 6.32. The third-order valence-electron chi connectivity index (χ3n) is 5.35. The number of imidazole rings is 1. The van der Waals surface area contributed by atoms with Crippen LogP contribution in [0.3, 0.4) is 0 Å². The zero-order chi connectivity index (χ0) is 24.6. The molecule has 0 aliphatic rings. The van der Waals surface area contributed by atoms with Crippen LogP contribution in [0, 0.1) is 5.82 Å². The topological polar surface area (TPSA) is 139 Å². The Balaban J connectivity index is 1.95. The first kappa shape index (κ1) is 23.3. The Bertz CT molecular complexity index is 1510. The Kier molecular flexibility index (Phi) is 6.07. The predicted molar refractivity (Wildman–Crippen MR) is 125 cm³/mol. The molecule has 4 aromatic rings. The highest BCUT2D eigenvalue weighted by molar-refractivity contribution is 7.90. The Morgan fingerprint density at radius 1 is 1.15 bits per heavy atom. The molecule has 1 amide bonds. The largest absolute Gasteiger partial charge is 0.365 e. The van der Waals surface area contributed by atoms with Crippen molar-refractivity contribution in [3.05, 3.63) is 77.5 Å². The summed E-state index contributed by atoms with van der Waals surface area (Å²) in [4.78, 5) is 16.3. The number of nitrogens with zero attached hydrogens (tertiary/aromatic N) is 4. The number of hydrogen-bond acceptors (Lipinski definition) is 6. The van der Waals surface area contributed by atoms with Gasteiger partial charge in [0.15, 0.2) is 0 Å². The molecule has 0 fully saturated rings. The lowest BCUT2D eigenvalue weighted by atomic mass is 10.0. The number of benzene rings is 2. The van der Waals surface area contributed by atoms with E-state index < -0.39 is 21.6 Å². The van der Waals surface area contributed by atoms with Crippen LogP contribution in [0.5, 0.6) is 0 Å². The Morgan fingerprint density at radius 3 is 2.53 bits per heavy atom. The Hall–Kier alpha value is -3.83. The van der Waals surface area contributed by atoms with Gasteiger partial charge in [0.25, 0.3) is 5.91 Å². The van der Waals surface area contributed by atoms with Gasteiger partial charge in [-0.25, -0.2) is 22.5 Å². The fourth-order valence-corrected chi connectivity index (χ4v) is 4.60. The van der Waals surface area contributed by atoms with Crippen LogP contribution in [0.4, 0.5) is 4.39 Å². The number of amides is 1. The third kappa shape index (κ3) is 4.11. The van der Waals surface area contributed by atoms with Gasteiger partial charge in [-0.3, -0.25) is 9.36 Å². The van der Waals surface area contributed by atoms with Crippen LogP contribution in [-0.4, -0.2) is 39.9 Å². The number of aromatic nitrogens is 4. The number of carbonyl (C=O) groups excluding carboxylic acids is 1. The normalized spacial score (nSPS) is 11.6. The van der Waals surface area contributed by atoms with Gasteiger partial charge in [-0.05, 0) is 42.3 Å².